The van der Waals surface area contributed by atoms with E-state index in [9.17, 15) is 9.59 Å². The van der Waals surface area contributed by atoms with Crippen molar-refractivity contribution in [2.24, 2.45) is 0 Å². The maximum Gasteiger partial charge on any atom is 0.242 e. The standard InChI is InChI=1S/C13H15ClN2O2/c1-8-13(18)15-5-6-16(8)10-3-4-11(9(2)17)12(14)7-10/h3-4,7-8H,5-6H2,1-2H3,(H,15,18). The predicted octanol–water partition coefficient (Wildman–Crippen LogP) is 1.87. The van der Waals surface area contributed by atoms with Crippen molar-refractivity contribution in [2.75, 3.05) is 18.0 Å². The van der Waals surface area contributed by atoms with Gasteiger partial charge in [-0.15, -0.1) is 0 Å². The molecule has 1 aromatic carbocycles. The van der Waals surface area contributed by atoms with Gasteiger partial charge in [-0.1, -0.05) is 11.6 Å². The van der Waals surface area contributed by atoms with Gasteiger partial charge in [-0.2, -0.15) is 0 Å². The molecule has 1 saturated heterocycles. The van der Waals surface area contributed by atoms with Gasteiger partial charge in [0, 0.05) is 24.3 Å². The van der Waals surface area contributed by atoms with Crippen LogP contribution >= 0.6 is 11.6 Å². The van der Waals surface area contributed by atoms with Gasteiger partial charge in [-0.05, 0) is 32.0 Å². The fourth-order valence-corrected chi connectivity index (χ4v) is 2.41. The van der Waals surface area contributed by atoms with Gasteiger partial charge in [0.25, 0.3) is 0 Å². The Morgan fingerprint density at radius 3 is 2.83 bits per heavy atom. The second-order valence-corrected chi connectivity index (χ2v) is 4.79. The van der Waals surface area contributed by atoms with E-state index in [1.54, 1.807) is 12.1 Å². The second kappa shape index (κ2) is 4.98. The molecule has 1 unspecified atom stereocenters. The van der Waals surface area contributed by atoms with Crippen molar-refractivity contribution in [2.45, 2.75) is 19.9 Å². The summed E-state index contributed by atoms with van der Waals surface area (Å²) in [6, 6.07) is 5.06. The number of nitrogens with one attached hydrogen (secondary N) is 1. The first-order valence-electron chi connectivity index (χ1n) is 5.85. The summed E-state index contributed by atoms with van der Waals surface area (Å²) in [5.41, 5.74) is 1.38. The third-order valence-corrected chi connectivity index (χ3v) is 3.48. The SMILES string of the molecule is CC(=O)c1ccc(N2CCNC(=O)C2C)cc1Cl. The van der Waals surface area contributed by atoms with E-state index < -0.39 is 0 Å². The van der Waals surface area contributed by atoms with Gasteiger partial charge in [0.1, 0.15) is 6.04 Å². The molecule has 18 heavy (non-hydrogen) atoms. The van der Waals surface area contributed by atoms with E-state index in [2.05, 4.69) is 5.32 Å². The lowest BCUT2D eigenvalue weighted by atomic mass is 10.1. The molecule has 0 radical (unpaired) electrons. The van der Waals surface area contributed by atoms with Crippen LogP contribution in [0.4, 0.5) is 5.69 Å². The topological polar surface area (TPSA) is 49.4 Å². The summed E-state index contributed by atoms with van der Waals surface area (Å²) < 4.78 is 0. The van der Waals surface area contributed by atoms with Crippen molar-refractivity contribution in [1.82, 2.24) is 5.32 Å². The molecule has 2 rings (SSSR count). The lowest BCUT2D eigenvalue weighted by Gasteiger charge is -2.34. The van der Waals surface area contributed by atoms with Crippen LogP contribution in [0.25, 0.3) is 0 Å². The van der Waals surface area contributed by atoms with E-state index >= 15 is 0 Å². The molecule has 0 aromatic heterocycles. The van der Waals surface area contributed by atoms with Crippen LogP contribution in [0.5, 0.6) is 0 Å². The van der Waals surface area contributed by atoms with Crippen LogP contribution in [0.2, 0.25) is 5.02 Å². The maximum atomic E-state index is 11.6. The highest BCUT2D eigenvalue weighted by Crippen LogP contribution is 2.26. The molecular formula is C13H15ClN2O2. The Morgan fingerprint density at radius 2 is 2.22 bits per heavy atom. The first-order valence-corrected chi connectivity index (χ1v) is 6.23. The van der Waals surface area contributed by atoms with Gasteiger partial charge in [-0.25, -0.2) is 0 Å². The number of rotatable bonds is 2. The van der Waals surface area contributed by atoms with Crippen LogP contribution in [-0.2, 0) is 4.79 Å². The number of Topliss-reactive ketones (excluding diaryl/α,β-unsaturated/α-hetero) is 1. The number of piperazine rings is 1. The number of benzene rings is 1. The molecule has 1 fully saturated rings. The molecule has 1 aliphatic rings. The van der Waals surface area contributed by atoms with Gasteiger partial charge < -0.3 is 10.2 Å². The van der Waals surface area contributed by atoms with Gasteiger partial charge in [0.2, 0.25) is 5.91 Å². The molecular weight excluding hydrogens is 252 g/mol. The summed E-state index contributed by atoms with van der Waals surface area (Å²) >= 11 is 6.08. The molecule has 1 atom stereocenters. The average Bonchev–Trinajstić information content (AvgIpc) is 2.32. The Morgan fingerprint density at radius 1 is 1.50 bits per heavy atom. The summed E-state index contributed by atoms with van der Waals surface area (Å²) in [5.74, 6) is -0.0518. The van der Waals surface area contributed by atoms with Crippen LogP contribution in [0.3, 0.4) is 0 Å². The number of carbonyl (C=O) groups excluding carboxylic acids is 2. The summed E-state index contributed by atoms with van der Waals surface area (Å²) in [6.07, 6.45) is 0. The molecule has 0 aliphatic carbocycles. The van der Waals surface area contributed by atoms with Crippen molar-refractivity contribution >= 4 is 29.0 Å². The minimum atomic E-state index is -0.224. The minimum absolute atomic E-state index is 0.00742. The highest BCUT2D eigenvalue weighted by Gasteiger charge is 2.25. The molecule has 0 bridgehead atoms. The zero-order chi connectivity index (χ0) is 13.3. The van der Waals surface area contributed by atoms with Crippen molar-refractivity contribution in [3.05, 3.63) is 28.8 Å². The molecule has 1 N–H and O–H groups in total. The highest BCUT2D eigenvalue weighted by atomic mass is 35.5. The number of ketones is 1. The smallest absolute Gasteiger partial charge is 0.242 e. The maximum absolute atomic E-state index is 11.6. The molecule has 4 nitrogen and oxygen atoms in total. The highest BCUT2D eigenvalue weighted by molar-refractivity contribution is 6.34. The molecule has 0 spiro atoms. The minimum Gasteiger partial charge on any atom is -0.358 e. The number of halogens is 1. The molecule has 5 heteroatoms. The average molecular weight is 267 g/mol. The third-order valence-electron chi connectivity index (χ3n) is 3.16. The van der Waals surface area contributed by atoms with Gasteiger partial charge >= 0.3 is 0 Å². The van der Waals surface area contributed by atoms with Crippen molar-refractivity contribution < 1.29 is 9.59 Å². The second-order valence-electron chi connectivity index (χ2n) is 4.38. The zero-order valence-electron chi connectivity index (χ0n) is 10.4. The number of nitrogens with zero attached hydrogens (tertiary/aromatic N) is 1. The van der Waals surface area contributed by atoms with Crippen LogP contribution in [0.15, 0.2) is 18.2 Å². The Labute approximate surface area is 111 Å². The fourth-order valence-electron chi connectivity index (χ4n) is 2.10. The number of hydrogen-bond acceptors (Lipinski definition) is 3. The number of anilines is 1. The van der Waals surface area contributed by atoms with E-state index in [-0.39, 0.29) is 17.7 Å². The third kappa shape index (κ3) is 2.34. The lowest BCUT2D eigenvalue weighted by molar-refractivity contribution is -0.122. The van der Waals surface area contributed by atoms with E-state index in [0.717, 1.165) is 12.2 Å². The first-order chi connectivity index (χ1) is 8.50. The Hall–Kier alpha value is -1.55. The van der Waals surface area contributed by atoms with Crippen molar-refractivity contribution in [3.8, 4) is 0 Å². The quantitative estimate of drug-likeness (QED) is 0.832. The summed E-state index contributed by atoms with van der Waals surface area (Å²) in [4.78, 5) is 24.9. The first kappa shape index (κ1) is 12.9. The number of amides is 1. The van der Waals surface area contributed by atoms with E-state index in [0.29, 0.717) is 17.1 Å². The molecule has 1 amide bonds. The van der Waals surface area contributed by atoms with Crippen LogP contribution in [0, 0.1) is 0 Å². The summed E-state index contributed by atoms with van der Waals surface area (Å²) in [7, 11) is 0. The predicted molar refractivity (Wildman–Crippen MR) is 71.3 cm³/mol. The Bertz CT molecular complexity index is 502. The fraction of sp³-hybridized carbons (Fsp3) is 0.385. The summed E-state index contributed by atoms with van der Waals surface area (Å²) in [5, 5.41) is 3.24. The largest absolute Gasteiger partial charge is 0.358 e. The summed E-state index contributed by atoms with van der Waals surface area (Å²) in [6.45, 7) is 4.69. The van der Waals surface area contributed by atoms with Crippen molar-refractivity contribution in [3.63, 3.8) is 0 Å². The molecule has 1 aliphatic heterocycles. The van der Waals surface area contributed by atoms with Crippen LogP contribution in [0.1, 0.15) is 24.2 Å². The van der Waals surface area contributed by atoms with Crippen LogP contribution in [-0.4, -0.2) is 30.8 Å². The lowest BCUT2D eigenvalue weighted by Crippen LogP contribution is -2.54. The van der Waals surface area contributed by atoms with Crippen LogP contribution < -0.4 is 10.2 Å². The Balaban J connectivity index is 2.31. The number of hydrogen-bond donors (Lipinski definition) is 1. The van der Waals surface area contributed by atoms with E-state index in [1.807, 2.05) is 17.9 Å². The monoisotopic (exact) mass is 266 g/mol. The van der Waals surface area contributed by atoms with Gasteiger partial charge in [-0.3, -0.25) is 9.59 Å². The van der Waals surface area contributed by atoms with Gasteiger partial charge in [0.15, 0.2) is 5.78 Å². The molecule has 1 aromatic rings. The Kier molecular flexibility index (Phi) is 3.57. The molecule has 96 valence electrons. The van der Waals surface area contributed by atoms with Crippen molar-refractivity contribution in [1.29, 1.82) is 0 Å². The molecule has 1 heterocycles. The zero-order valence-corrected chi connectivity index (χ0v) is 11.1. The van der Waals surface area contributed by atoms with E-state index in [1.165, 1.54) is 6.92 Å². The van der Waals surface area contributed by atoms with E-state index in [4.69, 9.17) is 11.6 Å². The molecule has 0 saturated carbocycles. The normalized spacial score (nSPS) is 19.6. The number of carbonyl (C=O) groups is 2. The van der Waals surface area contributed by atoms with Gasteiger partial charge in [0.05, 0.1) is 5.02 Å².